The van der Waals surface area contributed by atoms with E-state index in [0.29, 0.717) is 0 Å². The molecule has 0 unspecified atom stereocenters. The Balaban J connectivity index is 1.83. The van der Waals surface area contributed by atoms with Crippen molar-refractivity contribution in [2.45, 2.75) is 19.8 Å². The van der Waals surface area contributed by atoms with Crippen LogP contribution in [0.1, 0.15) is 18.3 Å². The molecular weight excluding hydrogens is 210 g/mol. The largest absolute Gasteiger partial charge is 0.385 e. The van der Waals surface area contributed by atoms with E-state index >= 15 is 0 Å². The third-order valence-electron chi connectivity index (χ3n) is 2.96. The summed E-state index contributed by atoms with van der Waals surface area (Å²) in [6.07, 6.45) is 5.85. The number of nitrogens with one attached hydrogen (secondary N) is 1. The normalized spacial score (nSPS) is 10.5. The summed E-state index contributed by atoms with van der Waals surface area (Å²) in [7, 11) is 2.03. The number of hydrogen-bond acceptors (Lipinski definition) is 2. The minimum atomic E-state index is 0.913. The van der Waals surface area contributed by atoms with Crippen molar-refractivity contribution in [1.82, 2.24) is 9.55 Å². The van der Waals surface area contributed by atoms with Gasteiger partial charge in [-0.3, -0.25) is 0 Å². The Morgan fingerprint density at radius 3 is 2.59 bits per heavy atom. The van der Waals surface area contributed by atoms with Crippen LogP contribution >= 0.6 is 0 Å². The van der Waals surface area contributed by atoms with E-state index in [9.17, 15) is 0 Å². The van der Waals surface area contributed by atoms with Crippen molar-refractivity contribution < 1.29 is 0 Å². The minimum Gasteiger partial charge on any atom is -0.385 e. The molecule has 3 heteroatoms. The molecule has 2 rings (SSSR count). The maximum atomic E-state index is 4.30. The Kier molecular flexibility index (Phi) is 3.81. The van der Waals surface area contributed by atoms with Crippen molar-refractivity contribution in [2.24, 2.45) is 7.05 Å². The second-order valence-corrected chi connectivity index (χ2v) is 4.18. The van der Waals surface area contributed by atoms with Crippen molar-refractivity contribution in [3.05, 3.63) is 48.0 Å². The summed E-state index contributed by atoms with van der Waals surface area (Å²) >= 11 is 0. The molecule has 0 aliphatic rings. The van der Waals surface area contributed by atoms with E-state index in [2.05, 4.69) is 46.1 Å². The van der Waals surface area contributed by atoms with Crippen LogP contribution in [0.4, 0.5) is 5.69 Å². The molecule has 1 aromatic carbocycles. The first-order chi connectivity index (χ1) is 8.29. The minimum absolute atomic E-state index is 0.913. The number of benzene rings is 1. The van der Waals surface area contributed by atoms with E-state index in [0.717, 1.165) is 25.2 Å². The first-order valence-corrected chi connectivity index (χ1v) is 6.08. The van der Waals surface area contributed by atoms with Gasteiger partial charge >= 0.3 is 0 Å². The maximum absolute atomic E-state index is 4.30. The number of imidazole rings is 1. The summed E-state index contributed by atoms with van der Waals surface area (Å²) in [4.78, 5) is 4.30. The lowest BCUT2D eigenvalue weighted by Gasteiger charge is -2.07. The summed E-state index contributed by atoms with van der Waals surface area (Å²) < 4.78 is 2.06. The summed E-state index contributed by atoms with van der Waals surface area (Å²) in [5, 5.41) is 3.41. The highest BCUT2D eigenvalue weighted by Crippen LogP contribution is 2.09. The Morgan fingerprint density at radius 2 is 2.00 bits per heavy atom. The lowest BCUT2D eigenvalue weighted by molar-refractivity contribution is 0.789. The maximum Gasteiger partial charge on any atom is 0.110 e. The lowest BCUT2D eigenvalue weighted by Crippen LogP contribution is -2.08. The van der Waals surface area contributed by atoms with Crippen LogP contribution in [0.3, 0.4) is 0 Å². The van der Waals surface area contributed by atoms with Crippen LogP contribution in [-0.2, 0) is 19.9 Å². The van der Waals surface area contributed by atoms with Gasteiger partial charge in [0.25, 0.3) is 0 Å². The van der Waals surface area contributed by atoms with Crippen LogP contribution in [0, 0.1) is 0 Å². The number of aromatic nitrogens is 2. The van der Waals surface area contributed by atoms with Crippen LogP contribution in [0.15, 0.2) is 36.7 Å². The van der Waals surface area contributed by atoms with Crippen LogP contribution in [-0.4, -0.2) is 16.1 Å². The van der Waals surface area contributed by atoms with Gasteiger partial charge in [-0.15, -0.1) is 0 Å². The van der Waals surface area contributed by atoms with Gasteiger partial charge < -0.3 is 9.88 Å². The molecule has 0 spiro atoms. The fourth-order valence-electron chi connectivity index (χ4n) is 1.81. The standard InChI is InChI=1S/C14H19N3/c1-3-12-4-6-13(7-5-12)15-9-8-14-16-10-11-17(14)2/h4-7,10-11,15H,3,8-9H2,1-2H3. The zero-order valence-corrected chi connectivity index (χ0v) is 10.5. The highest BCUT2D eigenvalue weighted by Gasteiger charge is 1.98. The molecule has 0 radical (unpaired) electrons. The number of anilines is 1. The molecule has 0 bridgehead atoms. The molecule has 0 atom stereocenters. The van der Waals surface area contributed by atoms with Gasteiger partial charge in [0, 0.05) is 38.1 Å². The smallest absolute Gasteiger partial charge is 0.110 e. The average molecular weight is 229 g/mol. The Hall–Kier alpha value is -1.77. The first kappa shape index (κ1) is 11.7. The van der Waals surface area contributed by atoms with E-state index in [-0.39, 0.29) is 0 Å². The topological polar surface area (TPSA) is 29.9 Å². The Bertz CT molecular complexity index is 457. The van der Waals surface area contributed by atoms with Crippen LogP contribution in [0.25, 0.3) is 0 Å². The van der Waals surface area contributed by atoms with Crippen LogP contribution in [0.5, 0.6) is 0 Å². The van der Waals surface area contributed by atoms with E-state index in [1.165, 1.54) is 11.3 Å². The van der Waals surface area contributed by atoms with Crippen molar-refractivity contribution >= 4 is 5.69 Å². The first-order valence-electron chi connectivity index (χ1n) is 6.08. The van der Waals surface area contributed by atoms with Gasteiger partial charge in [-0.25, -0.2) is 4.98 Å². The molecule has 1 N–H and O–H groups in total. The molecule has 0 aliphatic heterocycles. The highest BCUT2D eigenvalue weighted by molar-refractivity contribution is 5.44. The monoisotopic (exact) mass is 229 g/mol. The average Bonchev–Trinajstić information content (AvgIpc) is 2.76. The molecule has 0 saturated heterocycles. The molecule has 17 heavy (non-hydrogen) atoms. The van der Waals surface area contributed by atoms with Crippen molar-refractivity contribution in [2.75, 3.05) is 11.9 Å². The van der Waals surface area contributed by atoms with E-state index in [1.54, 1.807) is 0 Å². The van der Waals surface area contributed by atoms with Crippen LogP contribution in [0.2, 0.25) is 0 Å². The van der Waals surface area contributed by atoms with Crippen molar-refractivity contribution in [3.63, 3.8) is 0 Å². The number of rotatable bonds is 5. The SMILES string of the molecule is CCc1ccc(NCCc2nccn2C)cc1. The summed E-state index contributed by atoms with van der Waals surface area (Å²) in [5.41, 5.74) is 2.55. The van der Waals surface area contributed by atoms with Gasteiger partial charge in [-0.1, -0.05) is 19.1 Å². The van der Waals surface area contributed by atoms with Crippen molar-refractivity contribution in [3.8, 4) is 0 Å². The van der Waals surface area contributed by atoms with Gasteiger partial charge in [-0.05, 0) is 24.1 Å². The molecule has 0 amide bonds. The fourth-order valence-corrected chi connectivity index (χ4v) is 1.81. The molecule has 0 aliphatic carbocycles. The second kappa shape index (κ2) is 5.53. The Morgan fingerprint density at radius 1 is 1.24 bits per heavy atom. The van der Waals surface area contributed by atoms with E-state index in [1.807, 2.05) is 19.4 Å². The molecule has 1 aromatic heterocycles. The number of hydrogen-bond donors (Lipinski definition) is 1. The van der Waals surface area contributed by atoms with Gasteiger partial charge in [0.15, 0.2) is 0 Å². The van der Waals surface area contributed by atoms with E-state index in [4.69, 9.17) is 0 Å². The zero-order chi connectivity index (χ0) is 12.1. The lowest BCUT2D eigenvalue weighted by atomic mass is 10.1. The third kappa shape index (κ3) is 3.09. The number of nitrogens with zero attached hydrogens (tertiary/aromatic N) is 2. The zero-order valence-electron chi connectivity index (χ0n) is 10.5. The van der Waals surface area contributed by atoms with Gasteiger partial charge in [0.1, 0.15) is 5.82 Å². The molecular formula is C14H19N3. The van der Waals surface area contributed by atoms with Crippen molar-refractivity contribution in [1.29, 1.82) is 0 Å². The van der Waals surface area contributed by atoms with Gasteiger partial charge in [0.2, 0.25) is 0 Å². The molecule has 3 nitrogen and oxygen atoms in total. The molecule has 0 saturated carbocycles. The molecule has 2 aromatic rings. The molecule has 0 fully saturated rings. The number of aryl methyl sites for hydroxylation is 2. The molecule has 90 valence electrons. The van der Waals surface area contributed by atoms with Gasteiger partial charge in [0.05, 0.1) is 0 Å². The summed E-state index contributed by atoms with van der Waals surface area (Å²) in [5.74, 6) is 1.11. The van der Waals surface area contributed by atoms with E-state index < -0.39 is 0 Å². The fraction of sp³-hybridized carbons (Fsp3) is 0.357. The highest BCUT2D eigenvalue weighted by atomic mass is 15.0. The van der Waals surface area contributed by atoms with Gasteiger partial charge in [-0.2, -0.15) is 0 Å². The molecule has 1 heterocycles. The summed E-state index contributed by atoms with van der Waals surface area (Å²) in [6.45, 7) is 3.08. The quantitative estimate of drug-likeness (QED) is 0.854. The third-order valence-corrected chi connectivity index (χ3v) is 2.96. The predicted octanol–water partition coefficient (Wildman–Crippen LogP) is 2.64. The predicted molar refractivity (Wildman–Crippen MR) is 71.2 cm³/mol. The summed E-state index contributed by atoms with van der Waals surface area (Å²) in [6, 6.07) is 8.61. The second-order valence-electron chi connectivity index (χ2n) is 4.18. The Labute approximate surface area is 103 Å². The van der Waals surface area contributed by atoms with Crippen LogP contribution < -0.4 is 5.32 Å².